The van der Waals surface area contributed by atoms with E-state index in [1.54, 1.807) is 6.07 Å². The Labute approximate surface area is 117 Å². The van der Waals surface area contributed by atoms with Gasteiger partial charge in [-0.25, -0.2) is 0 Å². The van der Waals surface area contributed by atoms with Gasteiger partial charge in [0, 0.05) is 29.4 Å². The van der Waals surface area contributed by atoms with Gasteiger partial charge in [0.25, 0.3) is 0 Å². The van der Waals surface area contributed by atoms with Crippen LogP contribution in [0.5, 0.6) is 5.75 Å². The first-order valence-electron chi connectivity index (χ1n) is 5.83. The maximum absolute atomic E-state index is 12.1. The normalized spacial score (nSPS) is 17.3. The summed E-state index contributed by atoms with van der Waals surface area (Å²) in [5.74, 6) is -0.239. The second kappa shape index (κ2) is 6.00. The highest BCUT2D eigenvalue weighted by Gasteiger charge is 2.31. The molecule has 1 heterocycles. The second-order valence-electron chi connectivity index (χ2n) is 4.22. The molecule has 0 atom stereocenters. The number of nitrogens with one attached hydrogen (secondary N) is 1. The summed E-state index contributed by atoms with van der Waals surface area (Å²) in [5.41, 5.74) is 0.751. The Morgan fingerprint density at radius 3 is 2.53 bits per heavy atom. The van der Waals surface area contributed by atoms with Crippen LogP contribution < -0.4 is 10.1 Å². The lowest BCUT2D eigenvalue weighted by Crippen LogP contribution is -2.27. The number of hydrogen-bond acceptors (Lipinski definition) is 3. The zero-order chi connectivity index (χ0) is 13.9. The molecule has 0 amide bonds. The van der Waals surface area contributed by atoms with Crippen LogP contribution in [0.3, 0.4) is 0 Å². The number of rotatable bonds is 3. The Morgan fingerprint density at radius 1 is 1.26 bits per heavy atom. The van der Waals surface area contributed by atoms with E-state index in [1.165, 1.54) is 12.1 Å². The molecule has 19 heavy (non-hydrogen) atoms. The molecule has 1 fully saturated rings. The Hall–Kier alpha value is -0.950. The molecular formula is C12H13BrF3NO2. The van der Waals surface area contributed by atoms with Crippen molar-refractivity contribution in [1.82, 2.24) is 0 Å². The summed E-state index contributed by atoms with van der Waals surface area (Å²) in [4.78, 5) is 0. The summed E-state index contributed by atoms with van der Waals surface area (Å²) in [5, 5.41) is 3.28. The summed E-state index contributed by atoms with van der Waals surface area (Å²) in [6, 6.07) is 4.44. The maximum atomic E-state index is 12.1. The van der Waals surface area contributed by atoms with Crippen LogP contribution >= 0.6 is 15.9 Å². The molecule has 1 aliphatic heterocycles. The van der Waals surface area contributed by atoms with E-state index in [4.69, 9.17) is 4.74 Å². The molecule has 2 rings (SSSR count). The molecule has 0 unspecified atom stereocenters. The van der Waals surface area contributed by atoms with Crippen LogP contribution in [-0.4, -0.2) is 25.6 Å². The number of halogens is 4. The van der Waals surface area contributed by atoms with Gasteiger partial charge in [0.15, 0.2) is 0 Å². The van der Waals surface area contributed by atoms with Gasteiger partial charge in [-0.2, -0.15) is 0 Å². The summed E-state index contributed by atoms with van der Waals surface area (Å²) >= 11 is 3.24. The lowest BCUT2D eigenvalue weighted by molar-refractivity contribution is -0.274. The molecule has 1 N–H and O–H groups in total. The third kappa shape index (κ3) is 4.58. The average Bonchev–Trinajstić information content (AvgIpc) is 2.32. The minimum Gasteiger partial charge on any atom is -0.406 e. The van der Waals surface area contributed by atoms with E-state index >= 15 is 0 Å². The van der Waals surface area contributed by atoms with E-state index in [-0.39, 0.29) is 11.8 Å². The molecule has 0 saturated carbocycles. The predicted molar refractivity (Wildman–Crippen MR) is 68.3 cm³/mol. The minimum atomic E-state index is -4.67. The first kappa shape index (κ1) is 14.5. The van der Waals surface area contributed by atoms with Crippen LogP contribution in [0.15, 0.2) is 22.7 Å². The van der Waals surface area contributed by atoms with E-state index in [9.17, 15) is 13.2 Å². The zero-order valence-corrected chi connectivity index (χ0v) is 11.6. The first-order valence-corrected chi connectivity index (χ1v) is 6.63. The fourth-order valence-corrected chi connectivity index (χ4v) is 2.34. The van der Waals surface area contributed by atoms with E-state index in [0.29, 0.717) is 17.7 Å². The quantitative estimate of drug-likeness (QED) is 0.904. The van der Waals surface area contributed by atoms with Crippen LogP contribution in [0, 0.1) is 0 Å². The van der Waals surface area contributed by atoms with Gasteiger partial charge < -0.3 is 14.8 Å². The van der Waals surface area contributed by atoms with Gasteiger partial charge >= 0.3 is 6.36 Å². The Balaban J connectivity index is 2.02. The van der Waals surface area contributed by atoms with Crippen molar-refractivity contribution in [3.05, 3.63) is 22.7 Å². The monoisotopic (exact) mass is 339 g/mol. The van der Waals surface area contributed by atoms with Crippen molar-refractivity contribution < 1.29 is 22.6 Å². The number of benzene rings is 1. The topological polar surface area (TPSA) is 30.5 Å². The lowest BCUT2D eigenvalue weighted by Gasteiger charge is -2.24. The SMILES string of the molecule is FC(F)(F)Oc1ccc(NC2CCOCC2)c(Br)c1. The highest BCUT2D eigenvalue weighted by molar-refractivity contribution is 9.10. The molecule has 7 heteroatoms. The molecule has 0 aliphatic carbocycles. The smallest absolute Gasteiger partial charge is 0.406 e. The van der Waals surface area contributed by atoms with Gasteiger partial charge in [-0.1, -0.05) is 0 Å². The molecule has 1 aromatic carbocycles. The van der Waals surface area contributed by atoms with Gasteiger partial charge in [0.05, 0.1) is 0 Å². The Morgan fingerprint density at radius 2 is 1.95 bits per heavy atom. The van der Waals surface area contributed by atoms with Crippen LogP contribution in [0.25, 0.3) is 0 Å². The van der Waals surface area contributed by atoms with Crippen molar-refractivity contribution in [2.75, 3.05) is 18.5 Å². The van der Waals surface area contributed by atoms with Crippen LogP contribution in [0.4, 0.5) is 18.9 Å². The third-order valence-corrected chi connectivity index (χ3v) is 3.41. The van der Waals surface area contributed by atoms with Gasteiger partial charge in [-0.15, -0.1) is 13.2 Å². The second-order valence-corrected chi connectivity index (χ2v) is 5.07. The Bertz CT molecular complexity index is 433. The van der Waals surface area contributed by atoms with Gasteiger partial charge in [0.2, 0.25) is 0 Å². The van der Waals surface area contributed by atoms with E-state index in [0.717, 1.165) is 18.5 Å². The number of hydrogen-bond donors (Lipinski definition) is 1. The van der Waals surface area contributed by atoms with Crippen molar-refractivity contribution in [3.8, 4) is 5.75 Å². The third-order valence-electron chi connectivity index (χ3n) is 2.76. The van der Waals surface area contributed by atoms with Gasteiger partial charge in [-0.05, 0) is 47.0 Å². The minimum absolute atomic E-state index is 0.239. The van der Waals surface area contributed by atoms with Crippen molar-refractivity contribution in [2.24, 2.45) is 0 Å². The standard InChI is InChI=1S/C12H13BrF3NO2/c13-10-7-9(19-12(14,15)16)1-2-11(10)17-8-3-5-18-6-4-8/h1-2,7-8,17H,3-6H2. The summed E-state index contributed by atoms with van der Waals surface area (Å²) < 4.78 is 45.9. The predicted octanol–water partition coefficient (Wildman–Crippen LogP) is 3.94. The van der Waals surface area contributed by atoms with Gasteiger partial charge in [-0.3, -0.25) is 0 Å². The molecular weight excluding hydrogens is 327 g/mol. The Kier molecular flexibility index (Phi) is 4.57. The van der Waals surface area contributed by atoms with E-state index in [1.807, 2.05) is 0 Å². The first-order chi connectivity index (χ1) is 8.94. The average molecular weight is 340 g/mol. The summed E-state index contributed by atoms with van der Waals surface area (Å²) in [6.45, 7) is 1.40. The number of alkyl halides is 3. The highest BCUT2D eigenvalue weighted by atomic mass is 79.9. The molecule has 3 nitrogen and oxygen atoms in total. The number of ether oxygens (including phenoxy) is 2. The molecule has 0 radical (unpaired) electrons. The van der Waals surface area contributed by atoms with Crippen LogP contribution in [0.2, 0.25) is 0 Å². The fraction of sp³-hybridized carbons (Fsp3) is 0.500. The zero-order valence-electron chi connectivity index (χ0n) is 9.97. The van der Waals surface area contributed by atoms with Crippen molar-refractivity contribution >= 4 is 21.6 Å². The van der Waals surface area contributed by atoms with Crippen LogP contribution in [-0.2, 0) is 4.74 Å². The molecule has 0 spiro atoms. The molecule has 106 valence electrons. The van der Waals surface area contributed by atoms with Crippen molar-refractivity contribution in [3.63, 3.8) is 0 Å². The molecule has 1 aliphatic rings. The number of anilines is 1. The molecule has 0 aromatic heterocycles. The van der Waals surface area contributed by atoms with Crippen molar-refractivity contribution in [1.29, 1.82) is 0 Å². The molecule has 0 bridgehead atoms. The molecule has 1 saturated heterocycles. The van der Waals surface area contributed by atoms with E-state index < -0.39 is 6.36 Å². The summed E-state index contributed by atoms with van der Waals surface area (Å²) in [7, 11) is 0. The molecule has 1 aromatic rings. The largest absolute Gasteiger partial charge is 0.573 e. The highest BCUT2D eigenvalue weighted by Crippen LogP contribution is 2.31. The lowest BCUT2D eigenvalue weighted by atomic mass is 10.1. The van der Waals surface area contributed by atoms with Crippen molar-refractivity contribution in [2.45, 2.75) is 25.2 Å². The fourth-order valence-electron chi connectivity index (χ4n) is 1.87. The maximum Gasteiger partial charge on any atom is 0.573 e. The van der Waals surface area contributed by atoms with Gasteiger partial charge in [0.1, 0.15) is 5.75 Å². The van der Waals surface area contributed by atoms with E-state index in [2.05, 4.69) is 26.0 Å². The van der Waals surface area contributed by atoms with Crippen LogP contribution in [0.1, 0.15) is 12.8 Å². The summed E-state index contributed by atoms with van der Waals surface area (Å²) in [6.07, 6.45) is -2.91.